The van der Waals surface area contributed by atoms with Gasteiger partial charge in [-0.2, -0.15) is 0 Å². The van der Waals surface area contributed by atoms with Gasteiger partial charge in [0.1, 0.15) is 11.6 Å². The molecule has 20 heavy (non-hydrogen) atoms. The maximum Gasteiger partial charge on any atom is 0.392 e. The molecule has 0 aliphatic carbocycles. The standard InChI is InChI=1S/C15H24BrFO2Si/c1-4-5-6-7-8-11-18-20(2,3)19-15-10-9-13(17)12-14(15)16/h9-10,12H,4-8,11H2,1-3H3. The van der Waals surface area contributed by atoms with E-state index in [0.717, 1.165) is 13.0 Å². The van der Waals surface area contributed by atoms with E-state index in [1.165, 1.54) is 37.8 Å². The van der Waals surface area contributed by atoms with Gasteiger partial charge in [0.05, 0.1) is 4.47 Å². The summed E-state index contributed by atoms with van der Waals surface area (Å²) in [7, 11) is -2.21. The molecule has 0 N–H and O–H groups in total. The highest BCUT2D eigenvalue weighted by Crippen LogP contribution is 2.28. The Kier molecular flexibility index (Phi) is 7.77. The van der Waals surface area contributed by atoms with Crippen LogP contribution in [0, 0.1) is 5.82 Å². The number of hydrogen-bond donors (Lipinski definition) is 0. The molecular formula is C15H24BrFO2Si. The molecule has 1 aromatic carbocycles. The van der Waals surface area contributed by atoms with Crippen molar-refractivity contribution in [1.29, 1.82) is 0 Å². The van der Waals surface area contributed by atoms with E-state index in [9.17, 15) is 4.39 Å². The Labute approximate surface area is 131 Å². The number of rotatable bonds is 9. The molecule has 1 rings (SSSR count). The molecule has 0 heterocycles. The number of unbranched alkanes of at least 4 members (excludes halogenated alkanes) is 4. The summed E-state index contributed by atoms with van der Waals surface area (Å²) in [5, 5.41) is 0. The van der Waals surface area contributed by atoms with Crippen LogP contribution in [0.15, 0.2) is 22.7 Å². The smallest absolute Gasteiger partial charge is 0.392 e. The van der Waals surface area contributed by atoms with Crippen molar-refractivity contribution in [1.82, 2.24) is 0 Å². The second-order valence-electron chi connectivity index (χ2n) is 5.34. The highest BCUT2D eigenvalue weighted by molar-refractivity contribution is 9.10. The van der Waals surface area contributed by atoms with E-state index in [4.69, 9.17) is 8.85 Å². The molecule has 0 amide bonds. The topological polar surface area (TPSA) is 18.5 Å². The molecule has 0 spiro atoms. The Morgan fingerprint density at radius 3 is 2.50 bits per heavy atom. The van der Waals surface area contributed by atoms with E-state index in [1.54, 1.807) is 6.07 Å². The third kappa shape index (κ3) is 6.86. The fourth-order valence-corrected chi connectivity index (χ4v) is 3.86. The minimum Gasteiger partial charge on any atom is -0.519 e. The van der Waals surface area contributed by atoms with Crippen molar-refractivity contribution in [2.24, 2.45) is 0 Å². The van der Waals surface area contributed by atoms with E-state index >= 15 is 0 Å². The minimum absolute atomic E-state index is 0.277. The largest absolute Gasteiger partial charge is 0.519 e. The van der Waals surface area contributed by atoms with Gasteiger partial charge in [-0.3, -0.25) is 0 Å². The molecule has 0 atom stereocenters. The summed E-state index contributed by atoms with van der Waals surface area (Å²) >= 11 is 3.31. The normalized spacial score (nSPS) is 11.7. The van der Waals surface area contributed by atoms with Crippen molar-refractivity contribution in [3.05, 3.63) is 28.5 Å². The van der Waals surface area contributed by atoms with Gasteiger partial charge in [0.2, 0.25) is 0 Å². The first-order valence-corrected chi connectivity index (χ1v) is 10.8. The molecule has 0 saturated carbocycles. The van der Waals surface area contributed by atoms with Crippen molar-refractivity contribution < 1.29 is 13.2 Å². The van der Waals surface area contributed by atoms with Crippen molar-refractivity contribution >= 4 is 24.5 Å². The zero-order valence-electron chi connectivity index (χ0n) is 12.5. The molecule has 0 unspecified atom stereocenters. The van der Waals surface area contributed by atoms with Crippen molar-refractivity contribution in [2.75, 3.05) is 6.61 Å². The Bertz CT molecular complexity index is 413. The minimum atomic E-state index is -2.21. The summed E-state index contributed by atoms with van der Waals surface area (Å²) in [5.41, 5.74) is 0. The number of hydrogen-bond acceptors (Lipinski definition) is 2. The zero-order valence-corrected chi connectivity index (χ0v) is 15.1. The van der Waals surface area contributed by atoms with Gasteiger partial charge >= 0.3 is 8.56 Å². The number of halogens is 2. The summed E-state index contributed by atoms with van der Waals surface area (Å²) in [6.07, 6.45) is 6.10. The Morgan fingerprint density at radius 1 is 1.15 bits per heavy atom. The quantitative estimate of drug-likeness (QED) is 0.417. The van der Waals surface area contributed by atoms with Gasteiger partial charge in [-0.15, -0.1) is 0 Å². The molecular weight excluding hydrogens is 339 g/mol. The second kappa shape index (κ2) is 8.80. The Morgan fingerprint density at radius 2 is 1.85 bits per heavy atom. The van der Waals surface area contributed by atoms with E-state index in [-0.39, 0.29) is 5.82 Å². The molecule has 0 aliphatic rings. The monoisotopic (exact) mass is 362 g/mol. The van der Waals surface area contributed by atoms with Crippen LogP contribution in [-0.4, -0.2) is 15.2 Å². The van der Waals surface area contributed by atoms with Crippen LogP contribution in [0.25, 0.3) is 0 Å². The highest BCUT2D eigenvalue weighted by Gasteiger charge is 2.27. The maximum absolute atomic E-state index is 13.0. The molecule has 0 saturated heterocycles. The van der Waals surface area contributed by atoms with Crippen molar-refractivity contribution in [3.8, 4) is 5.75 Å². The first-order chi connectivity index (χ1) is 9.44. The SMILES string of the molecule is CCCCCCCO[Si](C)(C)Oc1ccc(F)cc1Br. The molecule has 2 nitrogen and oxygen atoms in total. The van der Waals surface area contributed by atoms with Crippen molar-refractivity contribution in [3.63, 3.8) is 0 Å². The molecule has 5 heteroatoms. The Balaban J connectivity index is 2.36. The van der Waals surface area contributed by atoms with Crippen LogP contribution in [0.1, 0.15) is 39.0 Å². The average Bonchev–Trinajstić information content (AvgIpc) is 2.37. The molecule has 114 valence electrons. The van der Waals surface area contributed by atoms with Gasteiger partial charge in [-0.25, -0.2) is 4.39 Å². The lowest BCUT2D eigenvalue weighted by Crippen LogP contribution is -2.38. The van der Waals surface area contributed by atoms with Gasteiger partial charge in [-0.05, 0) is 53.6 Å². The molecule has 0 bridgehead atoms. The summed E-state index contributed by atoms with van der Waals surface area (Å²) in [6.45, 7) is 6.96. The molecule has 0 fully saturated rings. The second-order valence-corrected chi connectivity index (χ2v) is 9.49. The fourth-order valence-electron chi connectivity index (χ4n) is 1.88. The van der Waals surface area contributed by atoms with Gasteiger partial charge in [0.25, 0.3) is 0 Å². The summed E-state index contributed by atoms with van der Waals surface area (Å²) in [4.78, 5) is 0. The average molecular weight is 363 g/mol. The van der Waals surface area contributed by atoms with Crippen LogP contribution in [0.5, 0.6) is 5.75 Å². The number of benzene rings is 1. The van der Waals surface area contributed by atoms with Crippen LogP contribution in [0.4, 0.5) is 4.39 Å². The zero-order chi connectivity index (χ0) is 15.0. The Hall–Kier alpha value is -0.393. The predicted molar refractivity (Wildman–Crippen MR) is 86.9 cm³/mol. The van der Waals surface area contributed by atoms with Crippen LogP contribution >= 0.6 is 15.9 Å². The van der Waals surface area contributed by atoms with Crippen LogP contribution in [0.3, 0.4) is 0 Å². The lowest BCUT2D eigenvalue weighted by molar-refractivity contribution is 0.240. The van der Waals surface area contributed by atoms with Gasteiger partial charge in [0, 0.05) is 6.61 Å². The van der Waals surface area contributed by atoms with Crippen LogP contribution < -0.4 is 4.43 Å². The van der Waals surface area contributed by atoms with E-state index in [2.05, 4.69) is 22.9 Å². The fraction of sp³-hybridized carbons (Fsp3) is 0.600. The van der Waals surface area contributed by atoms with Crippen molar-refractivity contribution in [2.45, 2.75) is 52.1 Å². The molecule has 0 aliphatic heterocycles. The van der Waals surface area contributed by atoms with E-state index in [1.807, 2.05) is 13.1 Å². The van der Waals surface area contributed by atoms with Crippen LogP contribution in [-0.2, 0) is 4.43 Å². The third-order valence-electron chi connectivity index (χ3n) is 2.95. The predicted octanol–water partition coefficient (Wildman–Crippen LogP) is 5.66. The highest BCUT2D eigenvalue weighted by atomic mass is 79.9. The van der Waals surface area contributed by atoms with Crippen LogP contribution in [0.2, 0.25) is 13.1 Å². The van der Waals surface area contributed by atoms with E-state index < -0.39 is 8.56 Å². The van der Waals surface area contributed by atoms with E-state index in [0.29, 0.717) is 10.2 Å². The molecule has 1 aromatic rings. The third-order valence-corrected chi connectivity index (χ3v) is 5.18. The summed E-state index contributed by atoms with van der Waals surface area (Å²) in [6, 6.07) is 4.44. The van der Waals surface area contributed by atoms with Gasteiger partial charge in [-0.1, -0.05) is 32.6 Å². The summed E-state index contributed by atoms with van der Waals surface area (Å²) < 4.78 is 25.5. The first kappa shape index (κ1) is 17.7. The lowest BCUT2D eigenvalue weighted by atomic mass is 10.2. The molecule has 0 aromatic heterocycles. The first-order valence-electron chi connectivity index (χ1n) is 7.22. The van der Waals surface area contributed by atoms with Gasteiger partial charge < -0.3 is 8.85 Å². The maximum atomic E-state index is 13.0. The molecule has 0 radical (unpaired) electrons. The van der Waals surface area contributed by atoms with Gasteiger partial charge in [0.15, 0.2) is 0 Å². The summed E-state index contributed by atoms with van der Waals surface area (Å²) in [5.74, 6) is 0.370. The lowest BCUT2D eigenvalue weighted by Gasteiger charge is -2.24.